The second-order valence-corrected chi connectivity index (χ2v) is 9.29. The molecule has 0 aliphatic carbocycles. The van der Waals surface area contributed by atoms with Crippen LogP contribution in [0.15, 0.2) is 59.2 Å². The number of anilines is 1. The summed E-state index contributed by atoms with van der Waals surface area (Å²) >= 11 is 3.40. The maximum Gasteiger partial charge on any atom is 0.332 e. The standard InChI is InChI=1S/C24H16BrN5O3/c25-15-4-1-3-13(9-15)22(31)28-12-16-10-19(28)21-23(32)30(24(33)29(16)21)18-7-6-14(11-26)20-17(18)5-2-8-27-20/h1-9,16,19,21H,10,12H2/t16-,19?,21+/m1/s1. The number of likely N-dealkylation sites (tertiary alicyclic amines) is 1. The van der Waals surface area contributed by atoms with E-state index in [0.717, 1.165) is 4.47 Å². The number of pyridine rings is 1. The number of rotatable bonds is 2. The van der Waals surface area contributed by atoms with Gasteiger partial charge >= 0.3 is 6.03 Å². The Morgan fingerprint density at radius 3 is 2.79 bits per heavy atom. The minimum absolute atomic E-state index is 0.143. The van der Waals surface area contributed by atoms with E-state index in [1.165, 1.54) is 4.90 Å². The molecule has 1 unspecified atom stereocenters. The molecule has 2 bridgehead atoms. The Kier molecular flexibility index (Phi) is 4.29. The van der Waals surface area contributed by atoms with E-state index in [4.69, 9.17) is 0 Å². The Hall–Kier alpha value is -3.77. The van der Waals surface area contributed by atoms with Crippen LogP contribution in [0.25, 0.3) is 10.9 Å². The van der Waals surface area contributed by atoms with Gasteiger partial charge in [-0.2, -0.15) is 5.26 Å². The first-order valence-electron chi connectivity index (χ1n) is 10.5. The number of aromatic nitrogens is 1. The van der Waals surface area contributed by atoms with Crippen molar-refractivity contribution in [1.29, 1.82) is 5.26 Å². The number of piperazine rings is 1. The average molecular weight is 502 g/mol. The van der Waals surface area contributed by atoms with Crippen molar-refractivity contribution in [3.8, 4) is 6.07 Å². The number of hydrogen-bond acceptors (Lipinski definition) is 5. The van der Waals surface area contributed by atoms with Crippen LogP contribution in [0, 0.1) is 11.3 Å². The second kappa shape index (κ2) is 7.12. The molecule has 3 aliphatic rings. The molecule has 3 atom stereocenters. The molecule has 2 aromatic carbocycles. The van der Waals surface area contributed by atoms with Crippen molar-refractivity contribution in [2.24, 2.45) is 0 Å². The number of halogens is 1. The molecule has 4 amide bonds. The van der Waals surface area contributed by atoms with Gasteiger partial charge in [0.15, 0.2) is 0 Å². The molecule has 3 aliphatic heterocycles. The van der Waals surface area contributed by atoms with E-state index in [1.54, 1.807) is 58.5 Å². The van der Waals surface area contributed by atoms with Crippen LogP contribution in [0.1, 0.15) is 22.3 Å². The van der Waals surface area contributed by atoms with Gasteiger partial charge in [-0.05, 0) is 48.9 Å². The van der Waals surface area contributed by atoms with Crippen LogP contribution in [0.3, 0.4) is 0 Å². The van der Waals surface area contributed by atoms with Crippen LogP contribution in [-0.4, -0.2) is 57.3 Å². The van der Waals surface area contributed by atoms with Crippen LogP contribution < -0.4 is 4.90 Å². The van der Waals surface area contributed by atoms with Crippen molar-refractivity contribution in [2.75, 3.05) is 11.4 Å². The summed E-state index contributed by atoms with van der Waals surface area (Å²) in [4.78, 5) is 49.0. The van der Waals surface area contributed by atoms with E-state index in [9.17, 15) is 19.6 Å². The molecular formula is C24H16BrN5O3. The number of amides is 4. The monoisotopic (exact) mass is 501 g/mol. The normalized spacial score (nSPS) is 23.4. The molecule has 0 N–H and O–H groups in total. The molecule has 8 nitrogen and oxygen atoms in total. The number of carbonyl (C=O) groups excluding carboxylic acids is 3. The molecule has 0 radical (unpaired) electrons. The summed E-state index contributed by atoms with van der Waals surface area (Å²) in [6.07, 6.45) is 2.16. The predicted octanol–water partition coefficient (Wildman–Crippen LogP) is 3.30. The van der Waals surface area contributed by atoms with Gasteiger partial charge in [-0.15, -0.1) is 0 Å². The van der Waals surface area contributed by atoms with Crippen LogP contribution >= 0.6 is 15.9 Å². The molecule has 6 rings (SSSR count). The minimum Gasteiger partial charge on any atom is -0.331 e. The van der Waals surface area contributed by atoms with Crippen LogP contribution in [0.4, 0.5) is 10.5 Å². The number of urea groups is 1. The number of benzene rings is 2. The van der Waals surface area contributed by atoms with Crippen LogP contribution in [-0.2, 0) is 4.79 Å². The Bertz CT molecular complexity index is 1420. The minimum atomic E-state index is -0.713. The smallest absolute Gasteiger partial charge is 0.331 e. The highest BCUT2D eigenvalue weighted by atomic mass is 79.9. The van der Waals surface area contributed by atoms with Gasteiger partial charge < -0.3 is 9.80 Å². The Morgan fingerprint density at radius 2 is 2.00 bits per heavy atom. The summed E-state index contributed by atoms with van der Waals surface area (Å²) in [5.41, 5.74) is 1.77. The van der Waals surface area contributed by atoms with Crippen molar-refractivity contribution < 1.29 is 14.4 Å². The third-order valence-corrected chi connectivity index (χ3v) is 7.20. The molecule has 1 aromatic heterocycles. The van der Waals surface area contributed by atoms with Crippen LogP contribution in [0.5, 0.6) is 0 Å². The molecule has 0 saturated carbocycles. The lowest BCUT2D eigenvalue weighted by Gasteiger charge is -2.35. The number of nitrogens with zero attached hydrogens (tertiary/aromatic N) is 5. The van der Waals surface area contributed by atoms with Gasteiger partial charge in [0.25, 0.3) is 11.8 Å². The third kappa shape index (κ3) is 2.74. The zero-order valence-corrected chi connectivity index (χ0v) is 18.8. The molecule has 3 saturated heterocycles. The first-order chi connectivity index (χ1) is 16.0. The highest BCUT2D eigenvalue weighted by Gasteiger charge is 2.63. The summed E-state index contributed by atoms with van der Waals surface area (Å²) in [6.45, 7) is 0.398. The summed E-state index contributed by atoms with van der Waals surface area (Å²) in [6, 6.07) is 14.2. The molecule has 162 valence electrons. The summed E-state index contributed by atoms with van der Waals surface area (Å²) in [7, 11) is 0. The van der Waals surface area contributed by atoms with Crippen molar-refractivity contribution in [1.82, 2.24) is 14.8 Å². The number of fused-ring (bicyclic) bond motifs is 6. The molecular weight excluding hydrogens is 486 g/mol. The summed E-state index contributed by atoms with van der Waals surface area (Å²) in [5.74, 6) is -0.496. The maximum absolute atomic E-state index is 13.6. The van der Waals surface area contributed by atoms with E-state index < -0.39 is 6.04 Å². The van der Waals surface area contributed by atoms with E-state index >= 15 is 0 Å². The van der Waals surface area contributed by atoms with Gasteiger partial charge in [0, 0.05) is 28.2 Å². The number of imide groups is 1. The van der Waals surface area contributed by atoms with Gasteiger partial charge in [0.2, 0.25) is 0 Å². The topological polar surface area (TPSA) is 97.6 Å². The zero-order chi connectivity index (χ0) is 22.9. The van der Waals surface area contributed by atoms with Gasteiger partial charge in [-0.1, -0.05) is 22.0 Å². The van der Waals surface area contributed by atoms with Crippen molar-refractivity contribution >= 4 is 50.4 Å². The van der Waals surface area contributed by atoms with Gasteiger partial charge in [0.1, 0.15) is 12.1 Å². The van der Waals surface area contributed by atoms with Crippen molar-refractivity contribution in [2.45, 2.75) is 24.5 Å². The molecule has 4 heterocycles. The van der Waals surface area contributed by atoms with E-state index in [0.29, 0.717) is 40.7 Å². The fourth-order valence-corrected chi connectivity index (χ4v) is 5.74. The van der Waals surface area contributed by atoms with E-state index in [-0.39, 0.29) is 29.9 Å². The second-order valence-electron chi connectivity index (χ2n) is 8.38. The van der Waals surface area contributed by atoms with Crippen molar-refractivity contribution in [3.63, 3.8) is 0 Å². The average Bonchev–Trinajstić information content (AvgIpc) is 3.49. The molecule has 33 heavy (non-hydrogen) atoms. The number of nitriles is 1. The highest BCUT2D eigenvalue weighted by molar-refractivity contribution is 9.10. The molecule has 0 spiro atoms. The molecule has 3 fully saturated rings. The van der Waals surface area contributed by atoms with E-state index in [1.807, 2.05) is 6.07 Å². The summed E-state index contributed by atoms with van der Waals surface area (Å²) in [5, 5.41) is 9.97. The number of hydrogen-bond donors (Lipinski definition) is 0. The van der Waals surface area contributed by atoms with Gasteiger partial charge in [0.05, 0.1) is 28.9 Å². The third-order valence-electron chi connectivity index (χ3n) is 6.70. The summed E-state index contributed by atoms with van der Waals surface area (Å²) < 4.78 is 0.805. The highest BCUT2D eigenvalue weighted by Crippen LogP contribution is 2.44. The maximum atomic E-state index is 13.6. The zero-order valence-electron chi connectivity index (χ0n) is 17.2. The quantitative estimate of drug-likeness (QED) is 0.501. The lowest BCUT2D eigenvalue weighted by molar-refractivity contribution is -0.121. The van der Waals surface area contributed by atoms with Crippen molar-refractivity contribution in [3.05, 3.63) is 70.3 Å². The van der Waals surface area contributed by atoms with Crippen LogP contribution in [0.2, 0.25) is 0 Å². The van der Waals surface area contributed by atoms with Gasteiger partial charge in [-0.3, -0.25) is 14.6 Å². The Labute approximate surface area is 197 Å². The predicted molar refractivity (Wildman–Crippen MR) is 122 cm³/mol. The van der Waals surface area contributed by atoms with E-state index in [2.05, 4.69) is 27.0 Å². The molecule has 3 aromatic rings. The first kappa shape index (κ1) is 19.9. The largest absolute Gasteiger partial charge is 0.332 e. The SMILES string of the molecule is N#Cc1ccc(N2C(=O)[C@@H]3C4C[C@H](CN4C(=O)c4cccc(Br)c4)N3C2=O)c2cccnc12. The Balaban J connectivity index is 1.37. The fraction of sp³-hybridized carbons (Fsp3) is 0.208. The fourth-order valence-electron chi connectivity index (χ4n) is 5.34. The Morgan fingerprint density at radius 1 is 1.15 bits per heavy atom. The number of carbonyl (C=O) groups is 3. The molecule has 9 heteroatoms. The first-order valence-corrected chi connectivity index (χ1v) is 11.3. The van der Waals surface area contributed by atoms with Gasteiger partial charge in [-0.25, -0.2) is 9.69 Å². The lowest BCUT2D eigenvalue weighted by atomic mass is 10.1. The lowest BCUT2D eigenvalue weighted by Crippen LogP contribution is -2.54.